The van der Waals surface area contributed by atoms with Crippen molar-refractivity contribution in [2.24, 2.45) is 0 Å². The summed E-state index contributed by atoms with van der Waals surface area (Å²) in [5.41, 5.74) is 1.71. The van der Waals surface area contributed by atoms with Crippen LogP contribution in [0.15, 0.2) is 36.9 Å². The van der Waals surface area contributed by atoms with Crippen molar-refractivity contribution in [2.45, 2.75) is 0 Å². The minimum atomic E-state index is 0.358. The molecule has 0 aliphatic heterocycles. The molecule has 21 heavy (non-hydrogen) atoms. The average molecular weight is 456 g/mol. The zero-order valence-electron chi connectivity index (χ0n) is 10.5. The van der Waals surface area contributed by atoms with Crippen LogP contribution in [-0.2, 0) is 42.6 Å². The van der Waals surface area contributed by atoms with Crippen LogP contribution in [0.4, 0.5) is 0 Å². The normalized spacial score (nSPS) is 5.29. The second-order valence-corrected chi connectivity index (χ2v) is 3.54. The summed E-state index contributed by atoms with van der Waals surface area (Å²) in [6.07, 6.45) is 0. The molecule has 0 saturated carbocycles. The Kier molecular flexibility index (Phi) is 54.3. The quantitative estimate of drug-likeness (QED) is 0.528. The van der Waals surface area contributed by atoms with Gasteiger partial charge in [0.05, 0.1) is 0 Å². The van der Waals surface area contributed by atoms with E-state index in [2.05, 4.69) is 39.8 Å². The molecule has 0 heterocycles. The van der Waals surface area contributed by atoms with E-state index in [0.29, 0.717) is 4.08 Å². The van der Waals surface area contributed by atoms with Crippen molar-refractivity contribution < 1.29 is 47.7 Å². The maximum absolute atomic E-state index is 9.13. The molecule has 1 aromatic carbocycles. The number of benzene rings is 1. The van der Waals surface area contributed by atoms with E-state index < -0.39 is 0 Å². The Hall–Kier alpha value is -1.82. The number of rotatable bonds is 2. The van der Waals surface area contributed by atoms with E-state index in [1.807, 2.05) is 30.3 Å². The van der Waals surface area contributed by atoms with Gasteiger partial charge in [0.2, 0.25) is 0 Å². The first kappa shape index (κ1) is 31.5. The van der Waals surface area contributed by atoms with Gasteiger partial charge in [-0.3, -0.25) is 0 Å². The molecule has 0 spiro atoms. The number of hydrogen-bond donors (Lipinski definition) is 1. The molecule has 0 aliphatic carbocycles. The van der Waals surface area contributed by atoms with Gasteiger partial charge < -0.3 is 0 Å². The van der Waals surface area contributed by atoms with Gasteiger partial charge in [-0.15, -0.1) is 0 Å². The van der Waals surface area contributed by atoms with Gasteiger partial charge in [-0.2, -0.15) is 0 Å². The van der Waals surface area contributed by atoms with Crippen LogP contribution in [0.3, 0.4) is 0 Å². The van der Waals surface area contributed by atoms with Gasteiger partial charge in [0.25, 0.3) is 0 Å². The Bertz CT molecular complexity index is 433. The van der Waals surface area contributed by atoms with Crippen molar-refractivity contribution in [1.29, 1.82) is 0 Å². The standard InChI is InChI=1S/C9H8O.5CO.W/c1-8(7-10)9-5-3-2-4-6-9;5*1-2;/h2-6,10H,1H2;;;;;;. The van der Waals surface area contributed by atoms with E-state index >= 15 is 0 Å². The summed E-state index contributed by atoms with van der Waals surface area (Å²) in [6, 6.07) is 9.66. The van der Waals surface area contributed by atoms with Crippen molar-refractivity contribution in [3.05, 3.63) is 75.7 Å². The first-order valence-electron chi connectivity index (χ1n) is 4.21. The van der Waals surface area contributed by atoms with E-state index in [9.17, 15) is 0 Å². The number of aliphatic hydroxyl groups excluding tert-OH is 1. The van der Waals surface area contributed by atoms with Crippen molar-refractivity contribution in [1.82, 2.24) is 0 Å². The van der Waals surface area contributed by atoms with Crippen molar-refractivity contribution in [2.75, 3.05) is 0 Å². The Morgan fingerprint density at radius 2 is 1.10 bits per heavy atom. The fraction of sp³-hybridized carbons (Fsp3) is 0. The van der Waals surface area contributed by atoms with Crippen LogP contribution in [0.5, 0.6) is 0 Å². The molecular formula is C14H8O6W. The first-order chi connectivity index (χ1) is 10.2. The van der Waals surface area contributed by atoms with E-state index in [1.54, 1.807) is 0 Å². The zero-order valence-corrected chi connectivity index (χ0v) is 13.4. The third-order valence-corrected chi connectivity index (χ3v) is 2.27. The summed E-state index contributed by atoms with van der Waals surface area (Å²) in [7, 11) is 0. The van der Waals surface area contributed by atoms with Gasteiger partial charge in [-0.05, 0) is 0 Å². The summed E-state index contributed by atoms with van der Waals surface area (Å²) in [4.78, 5) is 0. The Balaban J connectivity index is -0.0000000727. The predicted octanol–water partition coefficient (Wildman–Crippen LogP) is 1.56. The summed E-state index contributed by atoms with van der Waals surface area (Å²) in [6.45, 7) is 26.3. The van der Waals surface area contributed by atoms with Gasteiger partial charge in [0, 0.05) is 0 Å². The molecule has 0 unspecified atom stereocenters. The van der Waals surface area contributed by atoms with E-state index in [4.69, 9.17) is 28.4 Å². The van der Waals surface area contributed by atoms with Gasteiger partial charge in [-0.25, -0.2) is 0 Å². The van der Waals surface area contributed by atoms with E-state index in [-0.39, 0.29) is 0 Å². The number of aliphatic hydroxyl groups is 1. The number of hydrogen-bond acceptors (Lipinski definition) is 1. The predicted molar refractivity (Wildman–Crippen MR) is 62.1 cm³/mol. The molecule has 0 atom stereocenters. The first-order valence-corrected chi connectivity index (χ1v) is 5.68. The van der Waals surface area contributed by atoms with Gasteiger partial charge in [0.1, 0.15) is 0 Å². The molecule has 0 fully saturated rings. The summed E-state index contributed by atoms with van der Waals surface area (Å²) >= 11 is 1.05. The molecule has 0 aromatic heterocycles. The molecule has 0 saturated heterocycles. The summed E-state index contributed by atoms with van der Waals surface area (Å²) in [5.74, 6) is 0. The monoisotopic (exact) mass is 456 g/mol. The molecule has 7 heteroatoms. The Labute approximate surface area is 133 Å². The van der Waals surface area contributed by atoms with E-state index in [1.165, 1.54) is 0 Å². The van der Waals surface area contributed by atoms with Crippen molar-refractivity contribution >= 4 is 9.66 Å². The van der Waals surface area contributed by atoms with Crippen LogP contribution in [-0.4, -0.2) is 9.19 Å². The molecule has 0 bridgehead atoms. The summed E-state index contributed by atoms with van der Waals surface area (Å²) in [5, 5.41) is 9.13. The second kappa shape index (κ2) is 36.2. The van der Waals surface area contributed by atoms with Gasteiger partial charge >= 0.3 is 133 Å². The topological polar surface area (TPSA) is 120 Å². The van der Waals surface area contributed by atoms with Crippen LogP contribution in [0.1, 0.15) is 5.56 Å². The molecule has 1 rings (SSSR count). The minimum absolute atomic E-state index is 0.358. The molecule has 0 aliphatic rings. The van der Waals surface area contributed by atoms with Crippen LogP contribution in [0.25, 0.3) is 5.57 Å². The van der Waals surface area contributed by atoms with Gasteiger partial charge in [-0.1, -0.05) is 0 Å². The molecule has 1 N–H and O–H groups in total. The van der Waals surface area contributed by atoms with Crippen molar-refractivity contribution in [3.8, 4) is 0 Å². The van der Waals surface area contributed by atoms with Gasteiger partial charge in [0.15, 0.2) is 0 Å². The molecule has 106 valence electrons. The molecule has 0 radical (unpaired) electrons. The van der Waals surface area contributed by atoms with Crippen LogP contribution in [0.2, 0.25) is 0 Å². The van der Waals surface area contributed by atoms with E-state index in [0.717, 1.165) is 30.5 Å². The third-order valence-electron chi connectivity index (χ3n) is 1.38. The Morgan fingerprint density at radius 1 is 0.810 bits per heavy atom. The SMILES string of the molecule is C=C([C](O)=[W])c1ccccc1.[C-]#[O+].[C-]#[O+].[C-]#[O+].[C-]#[O+].[C-]#[O+]. The summed E-state index contributed by atoms with van der Waals surface area (Å²) < 4.78 is 37.9. The van der Waals surface area contributed by atoms with Crippen molar-refractivity contribution in [3.63, 3.8) is 0 Å². The molecule has 0 amide bonds. The van der Waals surface area contributed by atoms with Crippen LogP contribution < -0.4 is 0 Å². The van der Waals surface area contributed by atoms with Crippen LogP contribution in [0, 0.1) is 33.3 Å². The third kappa shape index (κ3) is 23.7. The zero-order chi connectivity index (χ0) is 18.3. The second-order valence-electron chi connectivity index (χ2n) is 2.15. The van der Waals surface area contributed by atoms with Crippen LogP contribution >= 0.6 is 0 Å². The maximum atomic E-state index is 9.13. The molecule has 1 aromatic rings. The Morgan fingerprint density at radius 3 is 1.33 bits per heavy atom. The average Bonchev–Trinajstić information content (AvgIpc) is 2.63. The fourth-order valence-corrected chi connectivity index (χ4v) is 1.19. The molecule has 6 nitrogen and oxygen atoms in total. The molecular weight excluding hydrogens is 448 g/mol. The fourth-order valence-electron chi connectivity index (χ4n) is 0.763.